The standard InChI is InChI=1S/C12H15ClO2/c1-12(2,3)9-6-4-5-7-10(9)15-8-11(13)14/h4-7H,8H2,1-3H3. The highest BCUT2D eigenvalue weighted by molar-refractivity contribution is 6.63. The van der Waals surface area contributed by atoms with Gasteiger partial charge >= 0.3 is 0 Å². The summed E-state index contributed by atoms with van der Waals surface area (Å²) in [4.78, 5) is 10.6. The van der Waals surface area contributed by atoms with Gasteiger partial charge in [-0.15, -0.1) is 0 Å². The molecule has 0 atom stereocenters. The zero-order valence-electron chi connectivity index (χ0n) is 9.21. The average Bonchev–Trinajstić information content (AvgIpc) is 2.13. The van der Waals surface area contributed by atoms with Crippen molar-refractivity contribution < 1.29 is 9.53 Å². The van der Waals surface area contributed by atoms with Crippen molar-refractivity contribution in [3.63, 3.8) is 0 Å². The van der Waals surface area contributed by atoms with Crippen LogP contribution < -0.4 is 4.74 Å². The van der Waals surface area contributed by atoms with E-state index in [1.807, 2.05) is 24.3 Å². The summed E-state index contributed by atoms with van der Waals surface area (Å²) >= 11 is 5.23. The maximum atomic E-state index is 10.6. The van der Waals surface area contributed by atoms with E-state index >= 15 is 0 Å². The molecule has 0 unspecified atom stereocenters. The van der Waals surface area contributed by atoms with Gasteiger partial charge in [-0.3, -0.25) is 4.79 Å². The van der Waals surface area contributed by atoms with Gasteiger partial charge in [0, 0.05) is 0 Å². The molecular formula is C12H15ClO2. The van der Waals surface area contributed by atoms with Crippen molar-refractivity contribution in [3.8, 4) is 5.75 Å². The summed E-state index contributed by atoms with van der Waals surface area (Å²) < 4.78 is 5.34. The van der Waals surface area contributed by atoms with Gasteiger partial charge < -0.3 is 4.74 Å². The Labute approximate surface area is 95.2 Å². The van der Waals surface area contributed by atoms with E-state index < -0.39 is 5.24 Å². The maximum absolute atomic E-state index is 10.6. The zero-order valence-corrected chi connectivity index (χ0v) is 9.97. The van der Waals surface area contributed by atoms with Crippen LogP contribution in [0.3, 0.4) is 0 Å². The second-order valence-corrected chi connectivity index (χ2v) is 4.81. The summed E-state index contributed by atoms with van der Waals surface area (Å²) in [6, 6.07) is 7.67. The quantitative estimate of drug-likeness (QED) is 0.741. The van der Waals surface area contributed by atoms with Crippen molar-refractivity contribution >= 4 is 16.8 Å². The Balaban J connectivity index is 2.92. The van der Waals surface area contributed by atoms with Crippen LogP contribution in [0.25, 0.3) is 0 Å². The first-order chi connectivity index (χ1) is 6.91. The molecule has 0 amide bonds. The number of hydrogen-bond acceptors (Lipinski definition) is 2. The van der Waals surface area contributed by atoms with E-state index in [2.05, 4.69) is 20.8 Å². The minimum absolute atomic E-state index is 0.00798. The van der Waals surface area contributed by atoms with Crippen LogP contribution in [-0.2, 0) is 10.2 Å². The van der Waals surface area contributed by atoms with Crippen molar-refractivity contribution in [2.45, 2.75) is 26.2 Å². The number of hydrogen-bond donors (Lipinski definition) is 0. The van der Waals surface area contributed by atoms with Crippen LogP contribution in [0.15, 0.2) is 24.3 Å². The lowest BCUT2D eigenvalue weighted by Crippen LogP contribution is -2.14. The van der Waals surface area contributed by atoms with Gasteiger partial charge in [-0.2, -0.15) is 0 Å². The van der Waals surface area contributed by atoms with Crippen molar-refractivity contribution in [2.75, 3.05) is 6.61 Å². The van der Waals surface area contributed by atoms with Crippen LogP contribution >= 0.6 is 11.6 Å². The van der Waals surface area contributed by atoms with Crippen LogP contribution in [0.2, 0.25) is 0 Å². The van der Waals surface area contributed by atoms with Crippen molar-refractivity contribution in [3.05, 3.63) is 29.8 Å². The van der Waals surface area contributed by atoms with Crippen LogP contribution in [-0.4, -0.2) is 11.8 Å². The predicted octanol–water partition coefficient (Wildman–Crippen LogP) is 3.13. The molecular weight excluding hydrogens is 212 g/mol. The number of para-hydroxylation sites is 1. The minimum Gasteiger partial charge on any atom is -0.484 e. The van der Waals surface area contributed by atoms with E-state index in [-0.39, 0.29) is 12.0 Å². The van der Waals surface area contributed by atoms with E-state index in [4.69, 9.17) is 16.3 Å². The fourth-order valence-corrected chi connectivity index (χ4v) is 1.40. The van der Waals surface area contributed by atoms with Crippen LogP contribution in [0.1, 0.15) is 26.3 Å². The van der Waals surface area contributed by atoms with Gasteiger partial charge in [0.05, 0.1) is 0 Å². The molecule has 15 heavy (non-hydrogen) atoms. The molecule has 0 aliphatic heterocycles. The van der Waals surface area contributed by atoms with Gasteiger partial charge in [-0.25, -0.2) is 0 Å². The SMILES string of the molecule is CC(C)(C)c1ccccc1OCC(=O)Cl. The van der Waals surface area contributed by atoms with E-state index in [9.17, 15) is 4.79 Å². The van der Waals surface area contributed by atoms with Crippen molar-refractivity contribution in [2.24, 2.45) is 0 Å². The first-order valence-corrected chi connectivity index (χ1v) is 5.19. The van der Waals surface area contributed by atoms with Gasteiger partial charge in [0.1, 0.15) is 5.75 Å². The van der Waals surface area contributed by atoms with Gasteiger partial charge in [0.15, 0.2) is 6.61 Å². The van der Waals surface area contributed by atoms with E-state index in [1.165, 1.54) is 0 Å². The number of ether oxygens (including phenoxy) is 1. The fourth-order valence-electron chi connectivity index (χ4n) is 1.35. The second kappa shape index (κ2) is 4.67. The lowest BCUT2D eigenvalue weighted by molar-refractivity contribution is -0.113. The lowest BCUT2D eigenvalue weighted by atomic mass is 9.86. The summed E-state index contributed by atoms with van der Waals surface area (Å²) in [5.41, 5.74) is 1.06. The van der Waals surface area contributed by atoms with E-state index in [1.54, 1.807) is 0 Å². The van der Waals surface area contributed by atoms with Crippen LogP contribution in [0, 0.1) is 0 Å². The first kappa shape index (κ1) is 12.1. The number of halogens is 1. The van der Waals surface area contributed by atoms with Crippen LogP contribution in [0.4, 0.5) is 0 Å². The van der Waals surface area contributed by atoms with E-state index in [0.29, 0.717) is 0 Å². The molecule has 0 aromatic heterocycles. The second-order valence-electron chi connectivity index (χ2n) is 4.39. The summed E-state index contributed by atoms with van der Waals surface area (Å²) in [7, 11) is 0. The molecule has 0 fully saturated rings. The first-order valence-electron chi connectivity index (χ1n) is 4.82. The summed E-state index contributed by atoms with van der Waals surface area (Å²) in [6.07, 6.45) is 0. The minimum atomic E-state index is -0.487. The van der Waals surface area contributed by atoms with Gasteiger partial charge in [-0.1, -0.05) is 39.0 Å². The molecule has 0 heterocycles. The largest absolute Gasteiger partial charge is 0.484 e. The summed E-state index contributed by atoms with van der Waals surface area (Å²) in [6.45, 7) is 6.20. The molecule has 1 aromatic rings. The highest BCUT2D eigenvalue weighted by Crippen LogP contribution is 2.30. The summed E-state index contributed by atoms with van der Waals surface area (Å²) in [5.74, 6) is 0.721. The highest BCUT2D eigenvalue weighted by Gasteiger charge is 2.18. The van der Waals surface area contributed by atoms with Crippen molar-refractivity contribution in [1.29, 1.82) is 0 Å². The number of carbonyl (C=O) groups excluding carboxylic acids is 1. The molecule has 3 heteroatoms. The molecule has 2 nitrogen and oxygen atoms in total. The molecule has 0 N–H and O–H groups in total. The molecule has 0 aliphatic rings. The molecule has 0 aliphatic carbocycles. The molecule has 0 spiro atoms. The molecule has 1 aromatic carbocycles. The Kier molecular flexibility index (Phi) is 3.75. The van der Waals surface area contributed by atoms with Gasteiger partial charge in [-0.05, 0) is 28.6 Å². The van der Waals surface area contributed by atoms with E-state index in [0.717, 1.165) is 11.3 Å². The third-order valence-corrected chi connectivity index (χ3v) is 2.15. The van der Waals surface area contributed by atoms with Crippen LogP contribution in [0.5, 0.6) is 5.75 Å². The fraction of sp³-hybridized carbons (Fsp3) is 0.417. The predicted molar refractivity (Wildman–Crippen MR) is 61.5 cm³/mol. The van der Waals surface area contributed by atoms with Crippen molar-refractivity contribution in [1.82, 2.24) is 0 Å². The maximum Gasteiger partial charge on any atom is 0.259 e. The summed E-state index contributed by atoms with van der Waals surface area (Å²) in [5, 5.41) is -0.487. The lowest BCUT2D eigenvalue weighted by Gasteiger charge is -2.22. The molecule has 1 rings (SSSR count). The normalized spacial score (nSPS) is 11.2. The Bertz CT molecular complexity index is 353. The molecule has 0 bridgehead atoms. The third-order valence-electron chi connectivity index (χ3n) is 2.04. The Morgan fingerprint density at radius 1 is 1.33 bits per heavy atom. The topological polar surface area (TPSA) is 26.3 Å². The number of carbonyl (C=O) groups is 1. The molecule has 0 saturated carbocycles. The molecule has 0 radical (unpaired) electrons. The Morgan fingerprint density at radius 3 is 2.47 bits per heavy atom. The highest BCUT2D eigenvalue weighted by atomic mass is 35.5. The molecule has 0 saturated heterocycles. The Hall–Kier alpha value is -1.02. The number of benzene rings is 1. The zero-order chi connectivity index (χ0) is 11.5. The van der Waals surface area contributed by atoms with Gasteiger partial charge in [0.2, 0.25) is 0 Å². The molecule has 82 valence electrons. The monoisotopic (exact) mass is 226 g/mol. The smallest absolute Gasteiger partial charge is 0.259 e. The third kappa shape index (κ3) is 3.56. The Morgan fingerprint density at radius 2 is 1.93 bits per heavy atom. The van der Waals surface area contributed by atoms with Gasteiger partial charge in [0.25, 0.3) is 5.24 Å². The number of rotatable bonds is 3. The average molecular weight is 227 g/mol.